The molecule has 2 aliphatic rings. The van der Waals surface area contributed by atoms with Crippen LogP contribution in [0, 0.1) is 0 Å². The smallest absolute Gasteiger partial charge is 0.369 e. The zero-order chi connectivity index (χ0) is 54.0. The van der Waals surface area contributed by atoms with Crippen LogP contribution >= 0.6 is 0 Å². The molecular weight excluding hydrogens is 997 g/mol. The average Bonchev–Trinajstić information content (AvgIpc) is 3.91. The zero-order valence-corrected chi connectivity index (χ0v) is 49.2. The van der Waals surface area contributed by atoms with Gasteiger partial charge in [0.25, 0.3) is 16.6 Å². The highest BCUT2D eigenvalue weighted by molar-refractivity contribution is 7.00. The van der Waals surface area contributed by atoms with Crippen molar-refractivity contribution in [1.29, 1.82) is 0 Å². The van der Waals surface area contributed by atoms with Crippen molar-refractivity contribution in [2.45, 2.75) is 101 Å². The van der Waals surface area contributed by atoms with Crippen LogP contribution in [-0.2, 0) is 38.4 Å². The van der Waals surface area contributed by atoms with Crippen LogP contribution < -0.4 is 20.7 Å². The Bertz CT molecular complexity index is 2940. The minimum Gasteiger partial charge on any atom is -0.404 e. The van der Waals surface area contributed by atoms with Crippen molar-refractivity contribution in [3.63, 3.8) is 0 Å². The first-order valence-electron chi connectivity index (χ1n) is 27.2. The van der Waals surface area contributed by atoms with Crippen molar-refractivity contribution in [3.05, 3.63) is 276 Å². The van der Waals surface area contributed by atoms with Crippen molar-refractivity contribution in [1.82, 2.24) is 0 Å². The number of ether oxygens (including phenoxy) is 2. The van der Waals surface area contributed by atoms with Gasteiger partial charge < -0.3 is 27.2 Å². The summed E-state index contributed by atoms with van der Waals surface area (Å²) in [6, 6.07) is 85.7. The predicted molar refractivity (Wildman–Crippen MR) is 320 cm³/mol. The highest BCUT2D eigenvalue weighted by atomic mass is 28.4. The first-order chi connectivity index (χ1) is 37.0. The van der Waals surface area contributed by atoms with Crippen LogP contribution in [0.5, 0.6) is 0 Å². The lowest BCUT2D eigenvalue weighted by Crippen LogP contribution is -2.67. The van der Waals surface area contributed by atoms with E-state index in [1.165, 1.54) is 20.7 Å². The SMILES string of the molecule is CC1(C)OC2C(O1)C(c1ccccc1)(c1ccccc1)O[Si](C)(C(=CCO[Si](c1ccccc1)(c1ccccc1)C(C)(C)C)CO[Si](c1ccccc1)(c1ccccc1)C(C)(C)C)OC2(c1ccccc1)c1ccccc1. The summed E-state index contributed by atoms with van der Waals surface area (Å²) in [5, 5.41) is 5.05. The molecule has 0 aliphatic carbocycles. The molecule has 2 fully saturated rings. The molecule has 2 unspecified atom stereocenters. The first-order valence-corrected chi connectivity index (χ1v) is 33.3. The summed E-state index contributed by atoms with van der Waals surface area (Å²) in [6.45, 7) is 20.6. The monoisotopic (exact) mass is 1070 g/mol. The van der Waals surface area contributed by atoms with Gasteiger partial charge in [-0.25, -0.2) is 0 Å². The molecule has 2 saturated heterocycles. The maximum Gasteiger partial charge on any atom is 0.369 e. The summed E-state index contributed by atoms with van der Waals surface area (Å²) in [5.41, 5.74) is 1.13. The number of hydrogen-bond donors (Lipinski definition) is 0. The van der Waals surface area contributed by atoms with Gasteiger partial charge in [0.15, 0.2) is 5.79 Å². The summed E-state index contributed by atoms with van der Waals surface area (Å²) in [4.78, 5) is 0. The fourth-order valence-corrected chi connectivity index (χ4v) is 24.7. The van der Waals surface area contributed by atoms with E-state index in [9.17, 15) is 0 Å². The van der Waals surface area contributed by atoms with Crippen LogP contribution in [0.3, 0.4) is 0 Å². The van der Waals surface area contributed by atoms with Gasteiger partial charge in [0.1, 0.15) is 23.4 Å². The van der Waals surface area contributed by atoms with Gasteiger partial charge in [0.2, 0.25) is 0 Å². The van der Waals surface area contributed by atoms with Crippen molar-refractivity contribution in [2.24, 2.45) is 0 Å². The number of rotatable bonds is 15. The maximum absolute atomic E-state index is 8.54. The molecular formula is C68H74O6Si3. The second kappa shape index (κ2) is 21.6. The van der Waals surface area contributed by atoms with E-state index in [0.717, 1.165) is 27.5 Å². The Kier molecular flexibility index (Phi) is 15.2. The van der Waals surface area contributed by atoms with E-state index in [-0.39, 0.29) is 23.3 Å². The van der Waals surface area contributed by atoms with Crippen molar-refractivity contribution in [2.75, 3.05) is 13.2 Å². The van der Waals surface area contributed by atoms with Crippen LogP contribution in [0.1, 0.15) is 77.6 Å². The second-order valence-corrected chi connectivity index (χ2v) is 34.8. The van der Waals surface area contributed by atoms with E-state index in [2.05, 4.69) is 297 Å². The maximum atomic E-state index is 8.54. The van der Waals surface area contributed by atoms with Crippen LogP contribution in [0.4, 0.5) is 0 Å². The zero-order valence-electron chi connectivity index (χ0n) is 46.2. The highest BCUT2D eigenvalue weighted by Gasteiger charge is 2.70. The molecule has 394 valence electrons. The molecule has 0 N–H and O–H groups in total. The van der Waals surface area contributed by atoms with Crippen LogP contribution in [0.2, 0.25) is 16.6 Å². The summed E-state index contributed by atoms with van der Waals surface area (Å²) < 4.78 is 48.1. The number of benzene rings is 8. The molecule has 0 saturated carbocycles. The van der Waals surface area contributed by atoms with E-state index < -0.39 is 54.4 Å². The van der Waals surface area contributed by atoms with E-state index in [0.29, 0.717) is 0 Å². The molecule has 2 heterocycles. The van der Waals surface area contributed by atoms with Gasteiger partial charge >= 0.3 is 8.56 Å². The minimum absolute atomic E-state index is 0.183. The molecule has 0 bridgehead atoms. The van der Waals surface area contributed by atoms with Gasteiger partial charge in [-0.15, -0.1) is 0 Å². The molecule has 6 nitrogen and oxygen atoms in total. The first kappa shape index (κ1) is 54.3. The van der Waals surface area contributed by atoms with E-state index in [4.69, 9.17) is 27.2 Å². The Balaban J connectivity index is 1.29. The summed E-state index contributed by atoms with van der Waals surface area (Å²) in [6.07, 6.45) is 0.783. The molecule has 77 heavy (non-hydrogen) atoms. The fraction of sp³-hybridized carbons (Fsp3) is 0.265. The van der Waals surface area contributed by atoms with Crippen molar-refractivity contribution in [3.8, 4) is 0 Å². The summed E-state index contributed by atoms with van der Waals surface area (Å²) in [5.74, 6) is -1.05. The Morgan fingerprint density at radius 3 is 0.961 bits per heavy atom. The normalized spacial score (nSPS) is 20.5. The topological polar surface area (TPSA) is 55.4 Å². The molecule has 8 aromatic carbocycles. The average molecular weight is 1070 g/mol. The molecule has 8 aromatic rings. The lowest BCUT2D eigenvalue weighted by molar-refractivity contribution is -0.179. The molecule has 10 rings (SSSR count). The summed E-state index contributed by atoms with van der Waals surface area (Å²) >= 11 is 0. The highest BCUT2D eigenvalue weighted by Crippen LogP contribution is 2.58. The lowest BCUT2D eigenvalue weighted by atomic mass is 9.72. The van der Waals surface area contributed by atoms with E-state index in [1.54, 1.807) is 0 Å². The Morgan fingerprint density at radius 1 is 0.429 bits per heavy atom. The molecule has 2 atom stereocenters. The molecule has 0 radical (unpaired) electrons. The molecule has 0 amide bonds. The quantitative estimate of drug-likeness (QED) is 0.0954. The third-order valence-electron chi connectivity index (χ3n) is 15.9. The van der Waals surface area contributed by atoms with Gasteiger partial charge in [0, 0.05) is 0 Å². The Hall–Kier alpha value is -6.09. The van der Waals surface area contributed by atoms with Gasteiger partial charge in [-0.05, 0) is 78.7 Å². The number of fused-ring (bicyclic) bond motifs is 1. The van der Waals surface area contributed by atoms with E-state index in [1.807, 2.05) is 13.8 Å². The van der Waals surface area contributed by atoms with Gasteiger partial charge in [-0.1, -0.05) is 290 Å². The predicted octanol–water partition coefficient (Wildman–Crippen LogP) is 13.1. The standard InChI is InChI=1S/C68H74O6Si3/c1-64(2,3)76(57-42-26-14-27-43-57,58-44-28-15-29-45-58)69-51-50-61(52-70-77(65(4,5)6,59-46-30-16-31-47-59)60-48-32-17-33-49-60)75(9)73-67(53-34-18-10-19-35-53,54-36-20-11-21-37-54)62-63(72-66(7,8)71-62)68(74-75,55-38-22-12-23-39-55)56-40-24-13-25-41-56/h10-50,62-63H,51-52H2,1-9H3. The largest absolute Gasteiger partial charge is 0.404 e. The Labute approximate surface area is 461 Å². The van der Waals surface area contributed by atoms with Gasteiger partial charge in [-0.3, -0.25) is 0 Å². The van der Waals surface area contributed by atoms with Crippen LogP contribution in [0.15, 0.2) is 254 Å². The Morgan fingerprint density at radius 2 is 0.688 bits per heavy atom. The van der Waals surface area contributed by atoms with Crippen molar-refractivity contribution >= 4 is 45.9 Å². The second-order valence-electron chi connectivity index (χ2n) is 23.2. The molecule has 0 spiro atoms. The van der Waals surface area contributed by atoms with Crippen LogP contribution in [0.25, 0.3) is 0 Å². The minimum atomic E-state index is -4.06. The molecule has 9 heteroatoms. The van der Waals surface area contributed by atoms with Gasteiger partial charge in [-0.2, -0.15) is 0 Å². The van der Waals surface area contributed by atoms with Gasteiger partial charge in [0.05, 0.1) is 13.2 Å². The fourth-order valence-electron chi connectivity index (χ4n) is 12.6. The third-order valence-corrected chi connectivity index (χ3v) is 28.8. The van der Waals surface area contributed by atoms with Crippen molar-refractivity contribution < 1.29 is 27.2 Å². The number of hydrogen-bond acceptors (Lipinski definition) is 6. The summed E-state index contributed by atoms with van der Waals surface area (Å²) in [7, 11) is -10.4. The third kappa shape index (κ3) is 9.85. The lowest BCUT2D eigenvalue weighted by Gasteiger charge is -2.46. The van der Waals surface area contributed by atoms with E-state index >= 15 is 0 Å². The molecule has 2 aliphatic heterocycles. The molecule has 0 aromatic heterocycles. The van der Waals surface area contributed by atoms with Crippen LogP contribution in [-0.4, -0.2) is 56.4 Å².